The maximum atomic E-state index is 9.90. The molecule has 0 aromatic heterocycles. The Bertz CT molecular complexity index is 345. The average molecular weight is 193 g/mol. The van der Waals surface area contributed by atoms with Crippen LogP contribution in [0.4, 0.5) is 0 Å². The van der Waals surface area contributed by atoms with E-state index in [-0.39, 0.29) is 18.4 Å². The molecule has 1 N–H and O–H groups in total. The number of rotatable bonds is 4. The highest BCUT2D eigenvalue weighted by Crippen LogP contribution is 2.24. The van der Waals surface area contributed by atoms with Gasteiger partial charge in [0.05, 0.1) is 6.04 Å². The molecule has 0 radical (unpaired) electrons. The normalized spacial score (nSPS) is 11.5. The van der Waals surface area contributed by atoms with E-state index in [1.54, 1.807) is 25.1 Å². The van der Waals surface area contributed by atoms with Crippen LogP contribution in [0.3, 0.4) is 0 Å². The summed E-state index contributed by atoms with van der Waals surface area (Å²) in [4.78, 5) is 13.4. The molecule has 0 saturated heterocycles. The summed E-state index contributed by atoms with van der Waals surface area (Å²) in [5.41, 5.74) is 0. The largest absolute Gasteiger partial charge is 0.504 e. The lowest BCUT2D eigenvalue weighted by atomic mass is 10.3. The van der Waals surface area contributed by atoms with Gasteiger partial charge in [0.15, 0.2) is 11.5 Å². The summed E-state index contributed by atoms with van der Waals surface area (Å²) in [6.07, 6.45) is 1.45. The predicted octanol–water partition coefficient (Wildman–Crippen LogP) is 1.50. The zero-order chi connectivity index (χ0) is 10.4. The number of phenols is 1. The maximum Gasteiger partial charge on any atom is 0.235 e. The highest BCUT2D eigenvalue weighted by atomic mass is 16.5. The second kappa shape index (κ2) is 5.04. The first-order valence-corrected chi connectivity index (χ1v) is 4.22. The minimum atomic E-state index is -0.257. The highest BCUT2D eigenvalue weighted by Gasteiger charge is 2.03. The van der Waals surface area contributed by atoms with Crippen LogP contribution in [0, 0.1) is 0 Å². The van der Waals surface area contributed by atoms with E-state index >= 15 is 0 Å². The van der Waals surface area contributed by atoms with Crippen LogP contribution in [-0.4, -0.2) is 23.8 Å². The highest BCUT2D eigenvalue weighted by molar-refractivity contribution is 5.38. The summed E-state index contributed by atoms with van der Waals surface area (Å²) < 4.78 is 5.23. The van der Waals surface area contributed by atoms with Gasteiger partial charge in [0.2, 0.25) is 6.08 Å². The molecule has 0 bridgehead atoms. The molecule has 0 heterocycles. The minimum Gasteiger partial charge on any atom is -0.504 e. The van der Waals surface area contributed by atoms with Crippen LogP contribution >= 0.6 is 0 Å². The van der Waals surface area contributed by atoms with Crippen molar-refractivity contribution in [2.75, 3.05) is 6.61 Å². The zero-order valence-electron chi connectivity index (χ0n) is 7.80. The number of phenolic OH excluding ortho intramolecular Hbond substituents is 1. The van der Waals surface area contributed by atoms with E-state index in [1.807, 2.05) is 0 Å². The third-order valence-corrected chi connectivity index (χ3v) is 1.62. The molecule has 1 atom stereocenters. The van der Waals surface area contributed by atoms with Crippen LogP contribution < -0.4 is 4.74 Å². The topological polar surface area (TPSA) is 58.9 Å². The summed E-state index contributed by atoms with van der Waals surface area (Å²) >= 11 is 0. The van der Waals surface area contributed by atoms with Gasteiger partial charge in [-0.15, -0.1) is 0 Å². The lowest BCUT2D eigenvalue weighted by Gasteiger charge is -2.08. The fraction of sp³-hybridized carbons (Fsp3) is 0.300. The summed E-state index contributed by atoms with van der Waals surface area (Å²) in [5, 5.41) is 9.32. The van der Waals surface area contributed by atoms with Gasteiger partial charge in [-0.05, 0) is 19.1 Å². The molecule has 0 spiro atoms. The molecule has 0 fully saturated rings. The summed E-state index contributed by atoms with van der Waals surface area (Å²) in [6.45, 7) is 1.97. The molecule has 74 valence electrons. The lowest BCUT2D eigenvalue weighted by Crippen LogP contribution is -2.11. The molecule has 0 aliphatic carbocycles. The first-order chi connectivity index (χ1) is 6.74. The van der Waals surface area contributed by atoms with Gasteiger partial charge >= 0.3 is 0 Å². The number of aromatic hydroxyl groups is 1. The van der Waals surface area contributed by atoms with Crippen LogP contribution in [0.25, 0.3) is 0 Å². The molecule has 14 heavy (non-hydrogen) atoms. The van der Waals surface area contributed by atoms with E-state index in [0.717, 1.165) is 0 Å². The number of hydrogen-bond acceptors (Lipinski definition) is 4. The second-order valence-corrected chi connectivity index (χ2v) is 2.85. The number of nitrogens with zero attached hydrogens (tertiary/aromatic N) is 1. The molecule has 1 unspecified atom stereocenters. The van der Waals surface area contributed by atoms with Crippen molar-refractivity contribution in [1.29, 1.82) is 0 Å². The molecule has 1 rings (SSSR count). The molecular weight excluding hydrogens is 182 g/mol. The van der Waals surface area contributed by atoms with Crippen molar-refractivity contribution >= 4 is 6.08 Å². The van der Waals surface area contributed by atoms with Crippen molar-refractivity contribution in [1.82, 2.24) is 0 Å². The van der Waals surface area contributed by atoms with Crippen molar-refractivity contribution < 1.29 is 14.6 Å². The van der Waals surface area contributed by atoms with Crippen LogP contribution in [-0.2, 0) is 4.79 Å². The Morgan fingerprint density at radius 1 is 1.57 bits per heavy atom. The smallest absolute Gasteiger partial charge is 0.235 e. The molecule has 1 aromatic rings. The summed E-state index contributed by atoms with van der Waals surface area (Å²) in [6, 6.07) is 6.38. The number of para-hydroxylation sites is 2. The first kappa shape index (κ1) is 10.3. The quantitative estimate of drug-likeness (QED) is 0.582. The van der Waals surface area contributed by atoms with Crippen molar-refractivity contribution in [3.8, 4) is 11.5 Å². The van der Waals surface area contributed by atoms with Gasteiger partial charge in [0.1, 0.15) is 6.61 Å². The van der Waals surface area contributed by atoms with Gasteiger partial charge in [-0.25, -0.2) is 4.79 Å². The summed E-state index contributed by atoms with van der Waals surface area (Å²) in [5.74, 6) is 0.468. The van der Waals surface area contributed by atoms with Crippen LogP contribution in [0.2, 0.25) is 0 Å². The standard InChI is InChI=1S/C10H11NO3/c1-8(11-7-12)6-14-10-5-3-2-4-9(10)13/h2-5,8,13H,6H2,1H3. The Balaban J connectivity index is 2.53. The van der Waals surface area contributed by atoms with E-state index < -0.39 is 0 Å². The maximum absolute atomic E-state index is 9.90. The third-order valence-electron chi connectivity index (χ3n) is 1.62. The van der Waals surface area contributed by atoms with E-state index in [0.29, 0.717) is 5.75 Å². The zero-order valence-corrected chi connectivity index (χ0v) is 7.80. The SMILES string of the molecule is CC(COc1ccccc1O)N=C=O. The Hall–Kier alpha value is -1.80. The Kier molecular flexibility index (Phi) is 3.70. The van der Waals surface area contributed by atoms with Crippen LogP contribution in [0.15, 0.2) is 29.3 Å². The fourth-order valence-corrected chi connectivity index (χ4v) is 0.917. The van der Waals surface area contributed by atoms with E-state index in [2.05, 4.69) is 4.99 Å². The van der Waals surface area contributed by atoms with Crippen molar-refractivity contribution in [3.05, 3.63) is 24.3 Å². The monoisotopic (exact) mass is 193 g/mol. The number of hydrogen-bond donors (Lipinski definition) is 1. The number of ether oxygens (including phenoxy) is 1. The second-order valence-electron chi connectivity index (χ2n) is 2.85. The minimum absolute atomic E-state index is 0.0785. The number of isocyanates is 1. The van der Waals surface area contributed by atoms with Crippen molar-refractivity contribution in [3.63, 3.8) is 0 Å². The van der Waals surface area contributed by atoms with Gasteiger partial charge < -0.3 is 9.84 Å². The molecule has 0 amide bonds. The van der Waals surface area contributed by atoms with E-state index in [9.17, 15) is 9.90 Å². The van der Waals surface area contributed by atoms with Gasteiger partial charge in [-0.2, -0.15) is 4.99 Å². The Labute approximate surface area is 81.9 Å². The molecule has 4 heteroatoms. The van der Waals surface area contributed by atoms with E-state index in [4.69, 9.17) is 4.74 Å². The number of benzene rings is 1. The first-order valence-electron chi connectivity index (χ1n) is 4.22. The van der Waals surface area contributed by atoms with E-state index in [1.165, 1.54) is 12.1 Å². The number of aliphatic imine (C=N–C) groups is 1. The van der Waals surface area contributed by atoms with Crippen molar-refractivity contribution in [2.45, 2.75) is 13.0 Å². The fourth-order valence-electron chi connectivity index (χ4n) is 0.917. The van der Waals surface area contributed by atoms with Crippen LogP contribution in [0.5, 0.6) is 11.5 Å². The molecule has 1 aromatic carbocycles. The van der Waals surface area contributed by atoms with Crippen LogP contribution in [0.1, 0.15) is 6.92 Å². The number of carbonyl (C=O) groups excluding carboxylic acids is 1. The van der Waals surface area contributed by atoms with Gasteiger partial charge in [-0.3, -0.25) is 0 Å². The average Bonchev–Trinajstić information content (AvgIpc) is 2.17. The molecule has 0 aliphatic heterocycles. The third kappa shape index (κ3) is 2.92. The lowest BCUT2D eigenvalue weighted by molar-refractivity contribution is 0.282. The Morgan fingerprint density at radius 3 is 2.93 bits per heavy atom. The summed E-state index contributed by atoms with van der Waals surface area (Å²) in [7, 11) is 0. The molecule has 4 nitrogen and oxygen atoms in total. The molecule has 0 aliphatic rings. The molecular formula is C10H11NO3. The Morgan fingerprint density at radius 2 is 2.29 bits per heavy atom. The predicted molar refractivity (Wildman–Crippen MR) is 51.2 cm³/mol. The molecule has 0 saturated carbocycles. The van der Waals surface area contributed by atoms with Gasteiger partial charge in [-0.1, -0.05) is 12.1 Å². The van der Waals surface area contributed by atoms with Gasteiger partial charge in [0.25, 0.3) is 0 Å². The van der Waals surface area contributed by atoms with Gasteiger partial charge in [0, 0.05) is 0 Å². The van der Waals surface area contributed by atoms with Crippen molar-refractivity contribution in [2.24, 2.45) is 4.99 Å².